The highest BCUT2D eigenvalue weighted by Gasteiger charge is 2.00. The van der Waals surface area contributed by atoms with Crippen LogP contribution in [0.1, 0.15) is 0 Å². The first-order chi connectivity index (χ1) is 7.84. The molecule has 0 atom stereocenters. The highest BCUT2D eigenvalue weighted by molar-refractivity contribution is 7.80. The van der Waals surface area contributed by atoms with Crippen molar-refractivity contribution in [1.29, 1.82) is 0 Å². The minimum absolute atomic E-state index is 0.282. The van der Waals surface area contributed by atoms with Gasteiger partial charge in [-0.2, -0.15) is 0 Å². The molecule has 1 N–H and O–H groups in total. The van der Waals surface area contributed by atoms with E-state index in [1.54, 1.807) is 6.20 Å². The lowest BCUT2D eigenvalue weighted by molar-refractivity contribution is 0.563. The van der Waals surface area contributed by atoms with Gasteiger partial charge in [-0.1, -0.05) is 24.3 Å². The summed E-state index contributed by atoms with van der Waals surface area (Å²) in [5.41, 5.74) is 0. The molecule has 0 unspecified atom stereocenters. The maximum atomic E-state index is 5.40. The summed E-state index contributed by atoms with van der Waals surface area (Å²) in [4.78, 5) is 4.08. The molecule has 0 radical (unpaired) electrons. The molecule has 1 aromatic carbocycles. The first kappa shape index (κ1) is 10.6. The summed E-state index contributed by atoms with van der Waals surface area (Å²) in [5.74, 6) is 1.37. The monoisotopic (exact) mass is 230 g/mol. The van der Waals surface area contributed by atoms with Gasteiger partial charge in [-0.25, -0.2) is 4.98 Å². The summed E-state index contributed by atoms with van der Waals surface area (Å²) < 4.78 is 5.40. The Labute approximate surface area is 99.1 Å². The minimum atomic E-state index is 0.282. The van der Waals surface area contributed by atoms with E-state index in [-0.39, 0.29) is 5.17 Å². The van der Waals surface area contributed by atoms with E-state index >= 15 is 0 Å². The van der Waals surface area contributed by atoms with Gasteiger partial charge < -0.3 is 10.1 Å². The average molecular weight is 230 g/mol. The van der Waals surface area contributed by atoms with Crippen molar-refractivity contribution in [1.82, 2.24) is 4.98 Å². The van der Waals surface area contributed by atoms with E-state index in [2.05, 4.69) is 10.3 Å². The minimum Gasteiger partial charge on any atom is -0.432 e. The number of aromatic nitrogens is 1. The molecular weight excluding hydrogens is 220 g/mol. The van der Waals surface area contributed by atoms with Gasteiger partial charge in [0.25, 0.3) is 5.17 Å². The molecule has 0 fully saturated rings. The molecule has 0 amide bonds. The van der Waals surface area contributed by atoms with Crippen molar-refractivity contribution in [2.45, 2.75) is 0 Å². The fourth-order valence-electron chi connectivity index (χ4n) is 1.16. The Bertz CT molecular complexity index is 415. The van der Waals surface area contributed by atoms with Crippen molar-refractivity contribution in [2.75, 3.05) is 5.32 Å². The van der Waals surface area contributed by atoms with E-state index in [1.165, 1.54) is 0 Å². The molecule has 16 heavy (non-hydrogen) atoms. The van der Waals surface area contributed by atoms with Crippen molar-refractivity contribution in [3.63, 3.8) is 0 Å². The number of ether oxygens (including phenoxy) is 1. The molecule has 0 bridgehead atoms. The van der Waals surface area contributed by atoms with Crippen molar-refractivity contribution < 1.29 is 4.74 Å². The molecule has 0 saturated carbocycles. The fourth-order valence-corrected chi connectivity index (χ4v) is 1.36. The smallest absolute Gasteiger partial charge is 0.267 e. The number of hydrogen-bond acceptors (Lipinski definition) is 3. The van der Waals surface area contributed by atoms with Crippen molar-refractivity contribution in [2.24, 2.45) is 0 Å². The van der Waals surface area contributed by atoms with Gasteiger partial charge in [0.15, 0.2) is 0 Å². The lowest BCUT2D eigenvalue weighted by Gasteiger charge is -2.07. The van der Waals surface area contributed by atoms with Gasteiger partial charge in [0, 0.05) is 6.20 Å². The second-order valence-electron chi connectivity index (χ2n) is 3.04. The molecule has 2 rings (SSSR count). The van der Waals surface area contributed by atoms with E-state index in [1.807, 2.05) is 48.5 Å². The second-order valence-corrected chi connectivity index (χ2v) is 3.41. The number of para-hydroxylation sites is 1. The molecule has 4 heteroatoms. The van der Waals surface area contributed by atoms with Crippen molar-refractivity contribution in [3.8, 4) is 5.75 Å². The number of anilines is 1. The van der Waals surface area contributed by atoms with Crippen LogP contribution in [0.3, 0.4) is 0 Å². The number of thiocarbonyl (C=S) groups is 1. The average Bonchev–Trinajstić information content (AvgIpc) is 2.31. The van der Waals surface area contributed by atoms with Crippen molar-refractivity contribution in [3.05, 3.63) is 54.7 Å². The molecule has 0 aliphatic heterocycles. The quantitative estimate of drug-likeness (QED) is 0.804. The topological polar surface area (TPSA) is 34.2 Å². The molecule has 0 spiro atoms. The Morgan fingerprint density at radius 3 is 2.50 bits per heavy atom. The predicted molar refractivity (Wildman–Crippen MR) is 67.5 cm³/mol. The third-order valence-electron chi connectivity index (χ3n) is 1.85. The summed E-state index contributed by atoms with van der Waals surface area (Å²) in [6.45, 7) is 0. The van der Waals surface area contributed by atoms with E-state index in [0.717, 1.165) is 0 Å². The van der Waals surface area contributed by atoms with Crippen LogP contribution >= 0.6 is 12.2 Å². The molecule has 0 aliphatic rings. The summed E-state index contributed by atoms with van der Waals surface area (Å²) in [5, 5.41) is 3.17. The number of benzene rings is 1. The van der Waals surface area contributed by atoms with Gasteiger partial charge in [0.2, 0.25) is 0 Å². The van der Waals surface area contributed by atoms with Crippen LogP contribution in [-0.4, -0.2) is 10.2 Å². The van der Waals surface area contributed by atoms with Crippen LogP contribution in [0, 0.1) is 0 Å². The zero-order chi connectivity index (χ0) is 11.2. The van der Waals surface area contributed by atoms with Crippen LogP contribution in [0.4, 0.5) is 5.82 Å². The Morgan fingerprint density at radius 1 is 1.06 bits per heavy atom. The summed E-state index contributed by atoms with van der Waals surface area (Å²) in [7, 11) is 0. The standard InChI is InChI=1S/C12H10N2OS/c16-12(14-11-8-4-5-9-13-11)15-10-6-2-1-3-7-10/h1-9H,(H,13,14,16). The van der Waals surface area contributed by atoms with Crippen LogP contribution in [0.15, 0.2) is 54.7 Å². The SMILES string of the molecule is S=C(Nc1ccccn1)Oc1ccccc1. The Hall–Kier alpha value is -1.94. The maximum absolute atomic E-state index is 5.40. The predicted octanol–water partition coefficient (Wildman–Crippen LogP) is 2.86. The first-order valence-corrected chi connectivity index (χ1v) is 5.20. The third-order valence-corrected chi connectivity index (χ3v) is 2.03. The van der Waals surface area contributed by atoms with E-state index in [0.29, 0.717) is 11.6 Å². The molecule has 0 aliphatic carbocycles. The lowest BCUT2D eigenvalue weighted by Crippen LogP contribution is -2.16. The number of nitrogens with zero attached hydrogens (tertiary/aromatic N) is 1. The molecule has 80 valence electrons. The summed E-state index contributed by atoms with van der Waals surface area (Å²) in [6, 6.07) is 14.9. The number of hydrogen-bond donors (Lipinski definition) is 1. The summed E-state index contributed by atoms with van der Waals surface area (Å²) in [6.07, 6.45) is 1.69. The van der Waals surface area contributed by atoms with Gasteiger partial charge in [-0.15, -0.1) is 0 Å². The molecule has 0 saturated heterocycles. The third kappa shape index (κ3) is 3.03. The fraction of sp³-hybridized carbons (Fsp3) is 0. The molecule has 3 nitrogen and oxygen atoms in total. The lowest BCUT2D eigenvalue weighted by atomic mass is 10.3. The molecular formula is C12H10N2OS. The van der Waals surface area contributed by atoms with Gasteiger partial charge in [-0.3, -0.25) is 0 Å². The van der Waals surface area contributed by atoms with Crippen LogP contribution in [0.5, 0.6) is 5.75 Å². The molecule has 1 heterocycles. The largest absolute Gasteiger partial charge is 0.432 e. The Morgan fingerprint density at radius 2 is 1.81 bits per heavy atom. The summed E-state index contributed by atoms with van der Waals surface area (Å²) >= 11 is 5.04. The normalized spacial score (nSPS) is 9.50. The molecule has 1 aromatic heterocycles. The number of rotatable bonds is 2. The molecule has 2 aromatic rings. The van der Waals surface area contributed by atoms with Crippen LogP contribution < -0.4 is 10.1 Å². The van der Waals surface area contributed by atoms with E-state index in [9.17, 15) is 0 Å². The van der Waals surface area contributed by atoms with Crippen LogP contribution in [0.25, 0.3) is 0 Å². The Kier molecular flexibility index (Phi) is 3.46. The van der Waals surface area contributed by atoms with Crippen molar-refractivity contribution >= 4 is 23.2 Å². The number of nitrogens with one attached hydrogen (secondary N) is 1. The van der Waals surface area contributed by atoms with Crippen LogP contribution in [0.2, 0.25) is 0 Å². The number of pyridine rings is 1. The zero-order valence-electron chi connectivity index (χ0n) is 8.46. The van der Waals surface area contributed by atoms with E-state index < -0.39 is 0 Å². The van der Waals surface area contributed by atoms with Gasteiger partial charge >= 0.3 is 0 Å². The van der Waals surface area contributed by atoms with E-state index in [4.69, 9.17) is 17.0 Å². The Balaban J connectivity index is 1.95. The second kappa shape index (κ2) is 5.23. The maximum Gasteiger partial charge on any atom is 0.267 e. The highest BCUT2D eigenvalue weighted by atomic mass is 32.1. The van der Waals surface area contributed by atoms with Gasteiger partial charge in [0.05, 0.1) is 0 Å². The highest BCUT2D eigenvalue weighted by Crippen LogP contribution is 2.10. The van der Waals surface area contributed by atoms with Gasteiger partial charge in [0.1, 0.15) is 11.6 Å². The first-order valence-electron chi connectivity index (χ1n) is 4.79. The van der Waals surface area contributed by atoms with Gasteiger partial charge in [-0.05, 0) is 36.5 Å². The van der Waals surface area contributed by atoms with Crippen LogP contribution in [-0.2, 0) is 0 Å². The zero-order valence-corrected chi connectivity index (χ0v) is 9.28.